The van der Waals surface area contributed by atoms with Crippen LogP contribution in [0.5, 0.6) is 0 Å². The molecule has 0 amide bonds. The normalized spacial score (nSPS) is 22.4. The van der Waals surface area contributed by atoms with Gasteiger partial charge in [0, 0.05) is 18.0 Å². The highest BCUT2D eigenvalue weighted by atomic mass is 32.2. The summed E-state index contributed by atoms with van der Waals surface area (Å²) in [5, 5.41) is 4.44. The van der Waals surface area contributed by atoms with Crippen LogP contribution < -0.4 is 5.32 Å². The van der Waals surface area contributed by atoms with Crippen LogP contribution in [0.15, 0.2) is 17.3 Å². The van der Waals surface area contributed by atoms with E-state index < -0.39 is 0 Å². The Kier molecular flexibility index (Phi) is 3.77. The van der Waals surface area contributed by atoms with E-state index in [1.54, 1.807) is 18.0 Å². The minimum atomic E-state index is 0.580. The third-order valence-electron chi connectivity index (χ3n) is 2.46. The maximum absolute atomic E-state index is 4.51. The Morgan fingerprint density at radius 2 is 2.50 bits per heavy atom. The molecule has 0 radical (unpaired) electrons. The molecule has 0 bridgehead atoms. The second-order valence-corrected chi connectivity index (χ2v) is 4.79. The summed E-state index contributed by atoms with van der Waals surface area (Å²) >= 11 is 1.79. The van der Waals surface area contributed by atoms with E-state index in [4.69, 9.17) is 0 Å². The second-order valence-electron chi connectivity index (χ2n) is 3.78. The summed E-state index contributed by atoms with van der Waals surface area (Å²) in [4.78, 5) is 12.9. The fourth-order valence-electron chi connectivity index (χ4n) is 1.49. The quantitative estimate of drug-likeness (QED) is 0.868. The molecule has 1 atom stereocenters. The van der Waals surface area contributed by atoms with Crippen LogP contribution in [0.1, 0.15) is 24.9 Å². The standard InChI is InChI=1S/C11H16N4S/c1-3-9-7-16-11(15-9)13-6-10-4-5-12-8(2)14-10/h4-5,9H,3,6-7H2,1-2H3,(H,13,15). The van der Waals surface area contributed by atoms with Gasteiger partial charge in [-0.3, -0.25) is 4.99 Å². The zero-order valence-electron chi connectivity index (χ0n) is 9.60. The van der Waals surface area contributed by atoms with Gasteiger partial charge in [0.25, 0.3) is 0 Å². The van der Waals surface area contributed by atoms with Gasteiger partial charge < -0.3 is 5.32 Å². The third-order valence-corrected chi connectivity index (χ3v) is 3.55. The van der Waals surface area contributed by atoms with Crippen LogP contribution >= 0.6 is 11.8 Å². The van der Waals surface area contributed by atoms with E-state index in [0.29, 0.717) is 12.6 Å². The first kappa shape index (κ1) is 11.4. The molecule has 0 aromatic carbocycles. The smallest absolute Gasteiger partial charge is 0.157 e. The van der Waals surface area contributed by atoms with Gasteiger partial charge in [-0.05, 0) is 19.4 Å². The van der Waals surface area contributed by atoms with E-state index in [9.17, 15) is 0 Å². The van der Waals surface area contributed by atoms with Crippen molar-refractivity contribution in [3.8, 4) is 0 Å². The SMILES string of the molecule is CCC1CSC(=NCc2ccnc(C)n2)N1. The van der Waals surface area contributed by atoms with Crippen molar-refractivity contribution in [2.24, 2.45) is 4.99 Å². The van der Waals surface area contributed by atoms with Crippen LogP contribution in [0, 0.1) is 6.92 Å². The van der Waals surface area contributed by atoms with Gasteiger partial charge in [0.15, 0.2) is 5.17 Å². The summed E-state index contributed by atoms with van der Waals surface area (Å²) in [6, 6.07) is 2.49. The van der Waals surface area contributed by atoms with Crippen molar-refractivity contribution in [2.45, 2.75) is 32.9 Å². The molecule has 1 aromatic heterocycles. The lowest BCUT2D eigenvalue weighted by molar-refractivity contribution is 0.666. The Morgan fingerprint density at radius 3 is 3.19 bits per heavy atom. The Hall–Kier alpha value is -1.10. The van der Waals surface area contributed by atoms with E-state index in [-0.39, 0.29) is 0 Å². The molecule has 2 heterocycles. The van der Waals surface area contributed by atoms with Crippen LogP contribution in [-0.2, 0) is 6.54 Å². The first-order chi connectivity index (χ1) is 7.78. The van der Waals surface area contributed by atoms with Gasteiger partial charge in [-0.25, -0.2) is 9.97 Å². The number of aromatic nitrogens is 2. The summed E-state index contributed by atoms with van der Waals surface area (Å²) < 4.78 is 0. The summed E-state index contributed by atoms with van der Waals surface area (Å²) in [6.45, 7) is 4.72. The number of amidine groups is 1. The highest BCUT2D eigenvalue weighted by molar-refractivity contribution is 8.14. The first-order valence-corrected chi connectivity index (χ1v) is 6.49. The van der Waals surface area contributed by atoms with Crippen LogP contribution in [0.2, 0.25) is 0 Å². The van der Waals surface area contributed by atoms with Crippen molar-refractivity contribution in [2.75, 3.05) is 5.75 Å². The van der Waals surface area contributed by atoms with Gasteiger partial charge in [-0.15, -0.1) is 0 Å². The fourth-order valence-corrected chi connectivity index (χ4v) is 2.58. The molecule has 1 unspecified atom stereocenters. The van der Waals surface area contributed by atoms with Crippen molar-refractivity contribution in [3.05, 3.63) is 23.8 Å². The molecule has 1 aliphatic heterocycles. The predicted octanol–water partition coefficient (Wildman–Crippen LogP) is 1.76. The number of hydrogen-bond acceptors (Lipinski definition) is 4. The minimum Gasteiger partial charge on any atom is -0.361 e. The average molecular weight is 236 g/mol. The zero-order chi connectivity index (χ0) is 11.4. The van der Waals surface area contributed by atoms with Crippen molar-refractivity contribution in [1.82, 2.24) is 15.3 Å². The number of thioether (sulfide) groups is 1. The minimum absolute atomic E-state index is 0.580. The summed E-state index contributed by atoms with van der Waals surface area (Å²) in [5.41, 5.74) is 0.974. The lowest BCUT2D eigenvalue weighted by atomic mass is 10.3. The van der Waals surface area contributed by atoms with E-state index in [0.717, 1.165) is 28.9 Å². The van der Waals surface area contributed by atoms with Gasteiger partial charge in [0.05, 0.1) is 12.2 Å². The van der Waals surface area contributed by atoms with Crippen LogP contribution in [0.4, 0.5) is 0 Å². The zero-order valence-corrected chi connectivity index (χ0v) is 10.4. The molecule has 1 aromatic rings. The maximum Gasteiger partial charge on any atom is 0.157 e. The third kappa shape index (κ3) is 2.95. The number of rotatable bonds is 3. The molecule has 1 aliphatic rings. The number of hydrogen-bond donors (Lipinski definition) is 1. The number of aryl methyl sites for hydroxylation is 1. The number of aliphatic imine (C=N–C) groups is 1. The van der Waals surface area contributed by atoms with Crippen molar-refractivity contribution in [3.63, 3.8) is 0 Å². The molecule has 5 heteroatoms. The maximum atomic E-state index is 4.51. The lowest BCUT2D eigenvalue weighted by Gasteiger charge is -2.04. The molecular weight excluding hydrogens is 220 g/mol. The monoisotopic (exact) mass is 236 g/mol. The van der Waals surface area contributed by atoms with Gasteiger partial charge in [-0.1, -0.05) is 18.7 Å². The highest BCUT2D eigenvalue weighted by Gasteiger charge is 2.17. The molecule has 1 saturated heterocycles. The molecular formula is C11H16N4S. The summed E-state index contributed by atoms with van der Waals surface area (Å²) in [5.74, 6) is 1.93. The van der Waals surface area contributed by atoms with E-state index in [1.807, 2.05) is 13.0 Å². The van der Waals surface area contributed by atoms with Crippen LogP contribution in [0.3, 0.4) is 0 Å². The number of nitrogens with one attached hydrogen (secondary N) is 1. The molecule has 1 N–H and O–H groups in total. The first-order valence-electron chi connectivity index (χ1n) is 5.50. The molecule has 0 aliphatic carbocycles. The van der Waals surface area contributed by atoms with E-state index >= 15 is 0 Å². The van der Waals surface area contributed by atoms with Gasteiger partial charge in [0.2, 0.25) is 0 Å². The molecule has 2 rings (SSSR count). The fraction of sp³-hybridized carbons (Fsp3) is 0.545. The Labute approximate surface area is 100.0 Å². The topological polar surface area (TPSA) is 50.2 Å². The van der Waals surface area contributed by atoms with Crippen LogP contribution in [0.25, 0.3) is 0 Å². The van der Waals surface area contributed by atoms with Crippen molar-refractivity contribution < 1.29 is 0 Å². The van der Waals surface area contributed by atoms with Gasteiger partial charge >= 0.3 is 0 Å². The van der Waals surface area contributed by atoms with Gasteiger partial charge in [0.1, 0.15) is 5.82 Å². The number of nitrogens with zero attached hydrogens (tertiary/aromatic N) is 3. The molecule has 0 spiro atoms. The van der Waals surface area contributed by atoms with Gasteiger partial charge in [-0.2, -0.15) is 0 Å². The lowest BCUT2D eigenvalue weighted by Crippen LogP contribution is -2.25. The molecule has 16 heavy (non-hydrogen) atoms. The van der Waals surface area contributed by atoms with Crippen molar-refractivity contribution >= 4 is 16.9 Å². The van der Waals surface area contributed by atoms with E-state index in [2.05, 4.69) is 27.2 Å². The highest BCUT2D eigenvalue weighted by Crippen LogP contribution is 2.16. The summed E-state index contributed by atoms with van der Waals surface area (Å²) in [6.07, 6.45) is 2.93. The second kappa shape index (κ2) is 5.30. The van der Waals surface area contributed by atoms with E-state index in [1.165, 1.54) is 0 Å². The van der Waals surface area contributed by atoms with Crippen LogP contribution in [-0.4, -0.2) is 26.9 Å². The summed E-state index contributed by atoms with van der Waals surface area (Å²) in [7, 11) is 0. The largest absolute Gasteiger partial charge is 0.361 e. The molecule has 0 saturated carbocycles. The predicted molar refractivity (Wildman–Crippen MR) is 67.6 cm³/mol. The Balaban J connectivity index is 1.94. The Bertz CT molecular complexity index is 391. The molecule has 86 valence electrons. The average Bonchev–Trinajstić information content (AvgIpc) is 2.74. The molecule has 1 fully saturated rings. The van der Waals surface area contributed by atoms with Crippen molar-refractivity contribution in [1.29, 1.82) is 0 Å². The molecule has 4 nitrogen and oxygen atoms in total. The Morgan fingerprint density at radius 1 is 1.62 bits per heavy atom.